The van der Waals surface area contributed by atoms with Gasteiger partial charge in [-0.2, -0.15) is 0 Å². The maximum absolute atomic E-state index is 11.6. The molecule has 2 nitrogen and oxygen atoms in total. The van der Waals surface area contributed by atoms with Crippen molar-refractivity contribution in [3.05, 3.63) is 136 Å². The van der Waals surface area contributed by atoms with Crippen molar-refractivity contribution in [1.29, 1.82) is 0 Å². The van der Waals surface area contributed by atoms with Gasteiger partial charge in [0.25, 0.3) is 0 Å². The number of aromatic hydroxyl groups is 1. The molecule has 4 aromatic rings. The molecule has 0 amide bonds. The smallest absolute Gasteiger partial charge is 0.124 e. The van der Waals surface area contributed by atoms with Gasteiger partial charge < -0.3 is 5.11 Å². The number of nitrogens with one attached hydrogen (secondary N) is 1. The maximum atomic E-state index is 11.6. The van der Waals surface area contributed by atoms with Crippen LogP contribution in [0.4, 0.5) is 0 Å². The third-order valence-corrected chi connectivity index (χ3v) is 6.92. The monoisotopic (exact) mass is 433 g/mol. The SMILES string of the molecule is C[C@@H](N[C@H](c1ccccc1)c1c2ccc(c1O)CCc1ccc(cc1)CC2)c1ccccc1. The highest BCUT2D eigenvalue weighted by Crippen LogP contribution is 2.38. The quantitative estimate of drug-likeness (QED) is 0.366. The van der Waals surface area contributed by atoms with Crippen molar-refractivity contribution < 1.29 is 5.11 Å². The average molecular weight is 434 g/mol. The van der Waals surface area contributed by atoms with Crippen LogP contribution in [0.5, 0.6) is 5.75 Å². The number of phenols is 1. The molecule has 0 spiro atoms. The first kappa shape index (κ1) is 21.5. The molecule has 0 aromatic heterocycles. The molecule has 4 aliphatic rings. The van der Waals surface area contributed by atoms with Gasteiger partial charge in [0.15, 0.2) is 0 Å². The molecule has 4 aliphatic carbocycles. The Morgan fingerprint density at radius 2 is 1.12 bits per heavy atom. The number of hydrogen-bond acceptors (Lipinski definition) is 2. The van der Waals surface area contributed by atoms with Gasteiger partial charge >= 0.3 is 0 Å². The zero-order valence-corrected chi connectivity index (χ0v) is 19.2. The van der Waals surface area contributed by atoms with E-state index >= 15 is 0 Å². The Balaban J connectivity index is 1.59. The van der Waals surface area contributed by atoms with Crippen molar-refractivity contribution in [2.24, 2.45) is 0 Å². The largest absolute Gasteiger partial charge is 0.507 e. The third-order valence-electron chi connectivity index (χ3n) is 6.92. The lowest BCUT2D eigenvalue weighted by molar-refractivity contribution is 0.438. The highest BCUT2D eigenvalue weighted by molar-refractivity contribution is 5.51. The fourth-order valence-corrected chi connectivity index (χ4v) is 4.95. The van der Waals surface area contributed by atoms with E-state index < -0.39 is 0 Å². The summed E-state index contributed by atoms with van der Waals surface area (Å²) in [4.78, 5) is 0. The van der Waals surface area contributed by atoms with Gasteiger partial charge in [-0.05, 0) is 66.0 Å². The summed E-state index contributed by atoms with van der Waals surface area (Å²) in [6.07, 6.45) is 3.61. The van der Waals surface area contributed by atoms with Crippen molar-refractivity contribution in [2.75, 3.05) is 0 Å². The van der Waals surface area contributed by atoms with E-state index in [4.69, 9.17) is 0 Å². The molecule has 0 saturated heterocycles. The summed E-state index contributed by atoms with van der Waals surface area (Å²) < 4.78 is 0. The van der Waals surface area contributed by atoms with Crippen LogP contribution < -0.4 is 5.32 Å². The lowest BCUT2D eigenvalue weighted by atomic mass is 9.86. The molecule has 4 aromatic carbocycles. The first-order valence-electron chi connectivity index (χ1n) is 12.0. The van der Waals surface area contributed by atoms with E-state index in [1.807, 2.05) is 6.07 Å². The number of phenolic OH excluding ortho intramolecular Hbond substituents is 1. The molecule has 0 radical (unpaired) electrons. The topological polar surface area (TPSA) is 32.3 Å². The van der Waals surface area contributed by atoms with Gasteiger partial charge in [0.2, 0.25) is 0 Å². The van der Waals surface area contributed by atoms with Crippen LogP contribution in [0.25, 0.3) is 0 Å². The Morgan fingerprint density at radius 3 is 1.73 bits per heavy atom. The molecule has 2 heteroatoms. The van der Waals surface area contributed by atoms with Gasteiger partial charge in [-0.3, -0.25) is 5.32 Å². The average Bonchev–Trinajstić information content (AvgIpc) is 2.86. The predicted octanol–water partition coefficient (Wildman–Crippen LogP) is 6.72. The Kier molecular flexibility index (Phi) is 6.28. The van der Waals surface area contributed by atoms with Gasteiger partial charge in [-0.1, -0.05) is 97.1 Å². The zero-order valence-electron chi connectivity index (χ0n) is 19.2. The highest BCUT2D eigenvalue weighted by atomic mass is 16.3. The molecule has 2 N–H and O–H groups in total. The van der Waals surface area contributed by atoms with E-state index in [1.165, 1.54) is 27.8 Å². The summed E-state index contributed by atoms with van der Waals surface area (Å²) in [5.41, 5.74) is 8.33. The van der Waals surface area contributed by atoms with Gasteiger partial charge in [0.05, 0.1) is 6.04 Å². The van der Waals surface area contributed by atoms with Crippen LogP contribution in [0.3, 0.4) is 0 Å². The minimum Gasteiger partial charge on any atom is -0.507 e. The second kappa shape index (κ2) is 9.64. The Bertz CT molecular complexity index is 1200. The van der Waals surface area contributed by atoms with E-state index in [2.05, 4.69) is 103 Å². The number of aryl methyl sites for hydroxylation is 4. The van der Waals surface area contributed by atoms with E-state index in [9.17, 15) is 5.11 Å². The molecule has 0 heterocycles. The van der Waals surface area contributed by atoms with Crippen LogP contribution in [0.2, 0.25) is 0 Å². The van der Waals surface area contributed by atoms with Crippen molar-refractivity contribution in [3.8, 4) is 5.75 Å². The zero-order chi connectivity index (χ0) is 22.6. The summed E-state index contributed by atoms with van der Waals surface area (Å²) in [5, 5.41) is 15.5. The van der Waals surface area contributed by atoms with Gasteiger partial charge in [0.1, 0.15) is 5.75 Å². The number of benzene rings is 4. The summed E-state index contributed by atoms with van der Waals surface area (Å²) in [7, 11) is 0. The van der Waals surface area contributed by atoms with Crippen LogP contribution in [-0.2, 0) is 25.7 Å². The fraction of sp³-hybridized carbons (Fsp3) is 0.226. The van der Waals surface area contributed by atoms with Crippen molar-refractivity contribution in [3.63, 3.8) is 0 Å². The van der Waals surface area contributed by atoms with Gasteiger partial charge in [-0.25, -0.2) is 0 Å². The predicted molar refractivity (Wildman–Crippen MR) is 136 cm³/mol. The molecule has 33 heavy (non-hydrogen) atoms. The minimum atomic E-state index is -0.0970. The molecule has 0 aliphatic heterocycles. The van der Waals surface area contributed by atoms with Crippen molar-refractivity contribution in [1.82, 2.24) is 5.32 Å². The first-order valence-corrected chi connectivity index (χ1v) is 12.0. The van der Waals surface area contributed by atoms with E-state index in [0.717, 1.165) is 36.8 Å². The molecule has 166 valence electrons. The molecule has 0 unspecified atom stereocenters. The molecule has 4 bridgehead atoms. The summed E-state index contributed by atoms with van der Waals surface area (Å²) >= 11 is 0. The van der Waals surface area contributed by atoms with Crippen molar-refractivity contribution in [2.45, 2.75) is 44.7 Å². The number of hydrogen-bond donors (Lipinski definition) is 2. The van der Waals surface area contributed by atoms with Crippen LogP contribution in [0, 0.1) is 0 Å². The first-order chi connectivity index (χ1) is 16.2. The molecular weight excluding hydrogens is 402 g/mol. The molecule has 2 atom stereocenters. The Morgan fingerprint density at radius 1 is 0.606 bits per heavy atom. The molecule has 8 rings (SSSR count). The van der Waals surface area contributed by atoms with E-state index in [-0.39, 0.29) is 12.1 Å². The summed E-state index contributed by atoms with van der Waals surface area (Å²) in [5.74, 6) is 0.448. The maximum Gasteiger partial charge on any atom is 0.124 e. The Hall–Kier alpha value is -3.36. The van der Waals surface area contributed by atoms with Gasteiger partial charge in [-0.15, -0.1) is 0 Å². The lowest BCUT2D eigenvalue weighted by Crippen LogP contribution is -2.27. The van der Waals surface area contributed by atoms with Crippen LogP contribution in [0.15, 0.2) is 97.1 Å². The summed E-state index contributed by atoms with van der Waals surface area (Å²) in [6.45, 7) is 2.20. The van der Waals surface area contributed by atoms with E-state index in [0.29, 0.717) is 5.75 Å². The number of rotatable bonds is 5. The second-order valence-electron chi connectivity index (χ2n) is 9.11. The normalized spacial score (nSPS) is 14.9. The standard InChI is InChI=1S/C31H31NO/c1-22(25-8-4-2-5-9-25)32-30(27-10-6-3-7-11-27)29-26-18-16-23-12-14-24(15-13-23)17-19-28(21-20-26)31(29)33/h2-15,20-22,30,32-33H,16-19H2,1H3/t22-,30-/m1/s1. The second-order valence-corrected chi connectivity index (χ2v) is 9.11. The van der Waals surface area contributed by atoms with Crippen LogP contribution in [0.1, 0.15) is 58.0 Å². The lowest BCUT2D eigenvalue weighted by Gasteiger charge is -2.28. The molecule has 0 fully saturated rings. The molecular formula is C31H31NO. The third kappa shape index (κ3) is 4.72. The minimum absolute atomic E-state index is 0.0970. The van der Waals surface area contributed by atoms with Gasteiger partial charge in [0, 0.05) is 11.6 Å². The van der Waals surface area contributed by atoms with E-state index in [1.54, 1.807) is 0 Å². The molecule has 0 saturated carbocycles. The Labute approximate surface area is 196 Å². The fourth-order valence-electron chi connectivity index (χ4n) is 4.95. The van der Waals surface area contributed by atoms with Crippen LogP contribution in [-0.4, -0.2) is 5.11 Å². The summed E-state index contributed by atoms with van der Waals surface area (Å²) in [6, 6.07) is 34.4. The van der Waals surface area contributed by atoms with Crippen molar-refractivity contribution >= 4 is 0 Å². The van der Waals surface area contributed by atoms with Crippen LogP contribution >= 0.6 is 0 Å². The highest BCUT2D eigenvalue weighted by Gasteiger charge is 2.25.